The number of amides is 1. The molecule has 1 saturated heterocycles. The maximum absolute atomic E-state index is 12.6. The van der Waals surface area contributed by atoms with Crippen LogP contribution in [-0.4, -0.2) is 44.1 Å². The van der Waals surface area contributed by atoms with Gasteiger partial charge in [-0.05, 0) is 24.8 Å². The van der Waals surface area contributed by atoms with Crippen LogP contribution in [0.15, 0.2) is 42.7 Å². The molecule has 1 aliphatic heterocycles. The Kier molecular flexibility index (Phi) is 4.41. The zero-order valence-electron chi connectivity index (χ0n) is 14.1. The van der Waals surface area contributed by atoms with Crippen molar-refractivity contribution in [2.45, 2.75) is 31.6 Å². The van der Waals surface area contributed by atoms with Gasteiger partial charge in [0.15, 0.2) is 5.65 Å². The van der Waals surface area contributed by atoms with Crippen molar-refractivity contribution in [1.82, 2.24) is 25.1 Å². The molecule has 3 aromatic rings. The SMILES string of the molecule is O=C(CCc1ccccc1)N1CCC[C@H](c2[nH]nc3nccnc23)C1. The van der Waals surface area contributed by atoms with Gasteiger partial charge in [-0.1, -0.05) is 30.3 Å². The van der Waals surface area contributed by atoms with Crippen molar-refractivity contribution in [1.29, 1.82) is 0 Å². The maximum atomic E-state index is 12.6. The third kappa shape index (κ3) is 3.38. The lowest BCUT2D eigenvalue weighted by Crippen LogP contribution is -2.39. The van der Waals surface area contributed by atoms with Crippen LogP contribution in [0.5, 0.6) is 0 Å². The zero-order chi connectivity index (χ0) is 17.1. The normalized spacial score (nSPS) is 17.8. The third-order valence-electron chi connectivity index (χ3n) is 4.87. The standard InChI is InChI=1S/C19H21N5O/c25-16(9-8-14-5-2-1-3-6-14)24-12-4-7-15(13-24)17-18-19(23-22-17)21-11-10-20-18/h1-3,5-6,10-11,15H,4,7-9,12-13H2,(H,21,22,23)/t15-/m0/s1. The molecule has 0 spiro atoms. The molecule has 0 saturated carbocycles. The molecule has 4 rings (SSSR count). The van der Waals surface area contributed by atoms with Crippen LogP contribution < -0.4 is 0 Å². The molecule has 3 heterocycles. The summed E-state index contributed by atoms with van der Waals surface area (Å²) in [5, 5.41) is 7.33. The van der Waals surface area contributed by atoms with Crippen molar-refractivity contribution in [3.63, 3.8) is 0 Å². The lowest BCUT2D eigenvalue weighted by molar-refractivity contribution is -0.132. The van der Waals surface area contributed by atoms with Gasteiger partial charge in [0.05, 0.1) is 5.69 Å². The number of fused-ring (bicyclic) bond motifs is 1. The Hall–Kier alpha value is -2.76. The first kappa shape index (κ1) is 15.7. The molecule has 1 aromatic carbocycles. The average Bonchev–Trinajstić information content (AvgIpc) is 3.11. The Balaban J connectivity index is 1.43. The molecule has 25 heavy (non-hydrogen) atoms. The Bertz CT molecular complexity index is 860. The zero-order valence-corrected chi connectivity index (χ0v) is 14.1. The first-order valence-corrected chi connectivity index (χ1v) is 8.78. The van der Waals surface area contributed by atoms with Crippen molar-refractivity contribution < 1.29 is 4.79 Å². The van der Waals surface area contributed by atoms with E-state index in [2.05, 4.69) is 32.3 Å². The lowest BCUT2D eigenvalue weighted by Gasteiger charge is -2.32. The minimum absolute atomic E-state index is 0.225. The molecule has 0 unspecified atom stereocenters. The summed E-state index contributed by atoms with van der Waals surface area (Å²) in [5.74, 6) is 0.472. The molecular weight excluding hydrogens is 314 g/mol. The smallest absolute Gasteiger partial charge is 0.222 e. The van der Waals surface area contributed by atoms with Crippen LogP contribution in [0.3, 0.4) is 0 Å². The van der Waals surface area contributed by atoms with Crippen molar-refractivity contribution in [2.75, 3.05) is 13.1 Å². The number of nitrogens with zero attached hydrogens (tertiary/aromatic N) is 4. The maximum Gasteiger partial charge on any atom is 0.222 e. The van der Waals surface area contributed by atoms with Crippen LogP contribution in [0, 0.1) is 0 Å². The molecule has 6 heteroatoms. The highest BCUT2D eigenvalue weighted by atomic mass is 16.2. The molecule has 0 radical (unpaired) electrons. The summed E-state index contributed by atoms with van der Waals surface area (Å²) in [6, 6.07) is 10.2. The number of carbonyl (C=O) groups excluding carboxylic acids is 1. The number of H-pyrrole nitrogens is 1. The second kappa shape index (κ2) is 7.01. The van der Waals surface area contributed by atoms with E-state index in [1.54, 1.807) is 12.4 Å². The van der Waals surface area contributed by atoms with Crippen LogP contribution >= 0.6 is 0 Å². The van der Waals surface area contributed by atoms with Crippen LogP contribution in [0.2, 0.25) is 0 Å². The van der Waals surface area contributed by atoms with Gasteiger partial charge in [0, 0.05) is 37.8 Å². The van der Waals surface area contributed by atoms with E-state index in [0.29, 0.717) is 12.1 Å². The number of aromatic nitrogens is 4. The molecular formula is C19H21N5O. The number of hydrogen-bond acceptors (Lipinski definition) is 4. The molecule has 128 valence electrons. The summed E-state index contributed by atoms with van der Waals surface area (Å²) in [7, 11) is 0. The molecule has 1 N–H and O–H groups in total. The number of nitrogens with one attached hydrogen (secondary N) is 1. The fourth-order valence-electron chi connectivity index (χ4n) is 3.55. The second-order valence-corrected chi connectivity index (χ2v) is 6.53. The van der Waals surface area contributed by atoms with Gasteiger partial charge in [0.25, 0.3) is 0 Å². The van der Waals surface area contributed by atoms with Gasteiger partial charge in [0.1, 0.15) is 5.52 Å². The molecule has 1 amide bonds. The number of likely N-dealkylation sites (tertiary alicyclic amines) is 1. The largest absolute Gasteiger partial charge is 0.342 e. The molecule has 0 aliphatic carbocycles. The minimum Gasteiger partial charge on any atom is -0.342 e. The highest BCUT2D eigenvalue weighted by Crippen LogP contribution is 2.29. The second-order valence-electron chi connectivity index (χ2n) is 6.53. The highest BCUT2D eigenvalue weighted by molar-refractivity contribution is 5.77. The van der Waals surface area contributed by atoms with Gasteiger partial charge >= 0.3 is 0 Å². The fraction of sp³-hybridized carbons (Fsp3) is 0.368. The Morgan fingerprint density at radius 3 is 2.92 bits per heavy atom. The molecule has 6 nitrogen and oxygen atoms in total. The summed E-state index contributed by atoms with van der Waals surface area (Å²) in [6.07, 6.45) is 6.72. The Morgan fingerprint density at radius 2 is 2.04 bits per heavy atom. The van der Waals surface area contributed by atoms with Crippen LogP contribution in [-0.2, 0) is 11.2 Å². The van der Waals surface area contributed by atoms with Gasteiger partial charge in [-0.25, -0.2) is 9.97 Å². The molecule has 0 bridgehead atoms. The van der Waals surface area contributed by atoms with Crippen molar-refractivity contribution in [3.05, 3.63) is 54.0 Å². The van der Waals surface area contributed by atoms with Gasteiger partial charge in [-0.2, -0.15) is 5.10 Å². The molecule has 1 aliphatic rings. The van der Waals surface area contributed by atoms with Crippen molar-refractivity contribution in [3.8, 4) is 0 Å². The summed E-state index contributed by atoms with van der Waals surface area (Å²) >= 11 is 0. The summed E-state index contributed by atoms with van der Waals surface area (Å²) < 4.78 is 0. The van der Waals surface area contributed by atoms with Crippen molar-refractivity contribution in [2.24, 2.45) is 0 Å². The predicted octanol–water partition coefficient (Wildman–Crippen LogP) is 2.69. The Labute approximate surface area is 146 Å². The number of aromatic amines is 1. The van der Waals surface area contributed by atoms with Crippen LogP contribution in [0.4, 0.5) is 0 Å². The van der Waals surface area contributed by atoms with E-state index in [-0.39, 0.29) is 11.8 Å². The number of piperidine rings is 1. The van der Waals surface area contributed by atoms with Gasteiger partial charge in [-0.15, -0.1) is 0 Å². The van der Waals surface area contributed by atoms with Gasteiger partial charge < -0.3 is 4.90 Å². The number of carbonyl (C=O) groups is 1. The number of benzene rings is 1. The van der Waals surface area contributed by atoms with E-state index < -0.39 is 0 Å². The van der Waals surface area contributed by atoms with E-state index in [0.717, 1.165) is 43.6 Å². The topological polar surface area (TPSA) is 74.8 Å². The van der Waals surface area contributed by atoms with Gasteiger partial charge in [0.2, 0.25) is 5.91 Å². The average molecular weight is 335 g/mol. The van der Waals surface area contributed by atoms with Crippen LogP contribution in [0.1, 0.15) is 36.4 Å². The molecule has 1 atom stereocenters. The van der Waals surface area contributed by atoms with Crippen LogP contribution in [0.25, 0.3) is 11.2 Å². The quantitative estimate of drug-likeness (QED) is 0.795. The molecule has 2 aromatic heterocycles. The minimum atomic E-state index is 0.225. The summed E-state index contributed by atoms with van der Waals surface area (Å²) in [5.41, 5.74) is 3.68. The highest BCUT2D eigenvalue weighted by Gasteiger charge is 2.27. The first-order chi connectivity index (χ1) is 12.3. The van der Waals surface area contributed by atoms with Crippen molar-refractivity contribution >= 4 is 17.1 Å². The van der Waals surface area contributed by atoms with E-state index in [1.807, 2.05) is 23.1 Å². The van der Waals surface area contributed by atoms with E-state index in [4.69, 9.17) is 0 Å². The molecule has 1 fully saturated rings. The van der Waals surface area contributed by atoms with E-state index in [9.17, 15) is 4.79 Å². The third-order valence-corrected chi connectivity index (χ3v) is 4.87. The number of aryl methyl sites for hydroxylation is 1. The van der Waals surface area contributed by atoms with Gasteiger partial charge in [-0.3, -0.25) is 9.89 Å². The summed E-state index contributed by atoms with van der Waals surface area (Å²) in [6.45, 7) is 1.56. The van der Waals surface area contributed by atoms with E-state index in [1.165, 1.54) is 5.56 Å². The summed E-state index contributed by atoms with van der Waals surface area (Å²) in [4.78, 5) is 23.2. The monoisotopic (exact) mass is 335 g/mol. The first-order valence-electron chi connectivity index (χ1n) is 8.78. The number of rotatable bonds is 4. The number of hydrogen-bond donors (Lipinski definition) is 1. The fourth-order valence-corrected chi connectivity index (χ4v) is 3.55. The van der Waals surface area contributed by atoms with E-state index >= 15 is 0 Å². The predicted molar refractivity (Wildman–Crippen MR) is 95.0 cm³/mol. The Morgan fingerprint density at radius 1 is 1.20 bits per heavy atom. The lowest BCUT2D eigenvalue weighted by atomic mass is 9.94.